The van der Waals surface area contributed by atoms with Crippen molar-refractivity contribution in [3.63, 3.8) is 0 Å². The molecule has 5 atom stereocenters. The summed E-state index contributed by atoms with van der Waals surface area (Å²) in [5, 5.41) is 9.67. The van der Waals surface area contributed by atoms with Crippen LogP contribution in [0.1, 0.15) is 52.4 Å². The Kier molecular flexibility index (Phi) is 2.38. The Labute approximate surface area is 98.4 Å². The third-order valence-corrected chi connectivity index (χ3v) is 5.88. The molecule has 1 aliphatic heterocycles. The van der Waals surface area contributed by atoms with Crippen LogP contribution in [-0.2, 0) is 4.74 Å². The fourth-order valence-electron chi connectivity index (χ4n) is 4.78. The molecule has 1 saturated heterocycles. The van der Waals surface area contributed by atoms with Crippen LogP contribution < -0.4 is 0 Å². The van der Waals surface area contributed by atoms with Gasteiger partial charge in [-0.3, -0.25) is 0 Å². The first-order chi connectivity index (χ1) is 7.61. The number of hydrogen-bond acceptors (Lipinski definition) is 2. The fourth-order valence-corrected chi connectivity index (χ4v) is 4.78. The quantitative estimate of drug-likeness (QED) is 0.742. The summed E-state index contributed by atoms with van der Waals surface area (Å²) < 4.78 is 6.42. The van der Waals surface area contributed by atoms with E-state index in [1.165, 1.54) is 32.1 Å². The molecule has 2 bridgehead atoms. The van der Waals surface area contributed by atoms with Crippen molar-refractivity contribution >= 4 is 0 Å². The molecule has 92 valence electrons. The minimum Gasteiger partial charge on any atom is -0.396 e. The molecule has 1 spiro atoms. The van der Waals surface area contributed by atoms with Crippen molar-refractivity contribution in [2.24, 2.45) is 17.3 Å². The first-order valence-electron chi connectivity index (χ1n) is 6.90. The van der Waals surface area contributed by atoms with E-state index < -0.39 is 0 Å². The van der Waals surface area contributed by atoms with Gasteiger partial charge in [0.05, 0.1) is 11.7 Å². The van der Waals surface area contributed by atoms with Crippen molar-refractivity contribution in [2.75, 3.05) is 6.61 Å². The number of fused-ring (bicyclic) bond motifs is 1. The molecule has 0 amide bonds. The first-order valence-corrected chi connectivity index (χ1v) is 6.90. The third kappa shape index (κ3) is 1.20. The van der Waals surface area contributed by atoms with Gasteiger partial charge in [-0.25, -0.2) is 0 Å². The van der Waals surface area contributed by atoms with Crippen LogP contribution in [0.5, 0.6) is 0 Å². The Morgan fingerprint density at radius 3 is 2.88 bits per heavy atom. The number of rotatable bonds is 1. The molecular formula is C14H24O2. The Morgan fingerprint density at radius 2 is 2.12 bits per heavy atom. The lowest BCUT2D eigenvalue weighted by Crippen LogP contribution is -2.56. The maximum atomic E-state index is 9.67. The average Bonchev–Trinajstić information content (AvgIpc) is 2.55. The molecule has 3 fully saturated rings. The summed E-state index contributed by atoms with van der Waals surface area (Å²) in [4.78, 5) is 0. The van der Waals surface area contributed by atoms with Gasteiger partial charge in [0.25, 0.3) is 0 Å². The number of hydrogen-bond donors (Lipinski definition) is 1. The molecule has 2 nitrogen and oxygen atoms in total. The first kappa shape index (κ1) is 11.0. The zero-order valence-corrected chi connectivity index (χ0v) is 10.5. The van der Waals surface area contributed by atoms with Gasteiger partial charge >= 0.3 is 0 Å². The van der Waals surface area contributed by atoms with Gasteiger partial charge in [-0.1, -0.05) is 13.3 Å². The Morgan fingerprint density at radius 1 is 1.31 bits per heavy atom. The van der Waals surface area contributed by atoms with Crippen LogP contribution in [0.25, 0.3) is 0 Å². The van der Waals surface area contributed by atoms with Gasteiger partial charge in [-0.15, -0.1) is 0 Å². The highest BCUT2D eigenvalue weighted by Gasteiger charge is 2.63. The maximum absolute atomic E-state index is 9.67. The van der Waals surface area contributed by atoms with Gasteiger partial charge in [-0.2, -0.15) is 0 Å². The van der Waals surface area contributed by atoms with E-state index in [4.69, 9.17) is 4.74 Å². The van der Waals surface area contributed by atoms with Crippen LogP contribution in [-0.4, -0.2) is 23.4 Å². The van der Waals surface area contributed by atoms with Crippen LogP contribution in [0, 0.1) is 17.3 Å². The minimum atomic E-state index is 0.0162. The standard InChI is InChI=1S/C14H24O2/c1-10-11-5-7-13(2)6-3-4-12(9-15)14(13,8-11)16-10/h10-12,15H,3-9H2,1-2H3. The molecule has 0 aromatic heterocycles. The number of aliphatic hydroxyl groups is 1. The third-order valence-electron chi connectivity index (χ3n) is 5.88. The second kappa shape index (κ2) is 3.46. The molecule has 0 radical (unpaired) electrons. The van der Waals surface area contributed by atoms with Crippen LogP contribution in [0.3, 0.4) is 0 Å². The highest BCUT2D eigenvalue weighted by Crippen LogP contribution is 2.63. The van der Waals surface area contributed by atoms with Crippen LogP contribution in [0.15, 0.2) is 0 Å². The van der Waals surface area contributed by atoms with Gasteiger partial charge < -0.3 is 9.84 Å². The lowest BCUT2D eigenvalue weighted by molar-refractivity contribution is -0.183. The van der Waals surface area contributed by atoms with E-state index in [-0.39, 0.29) is 5.60 Å². The predicted octanol–water partition coefficient (Wildman–Crippen LogP) is 2.74. The zero-order valence-electron chi connectivity index (χ0n) is 10.5. The lowest BCUT2D eigenvalue weighted by atomic mass is 9.53. The van der Waals surface area contributed by atoms with E-state index in [0.29, 0.717) is 24.0 Å². The topological polar surface area (TPSA) is 29.5 Å². The van der Waals surface area contributed by atoms with Crippen molar-refractivity contribution in [3.05, 3.63) is 0 Å². The summed E-state index contributed by atoms with van der Waals surface area (Å²) in [6.07, 6.45) is 7.97. The zero-order chi connectivity index (χ0) is 11.4. The van der Waals surface area contributed by atoms with Gasteiger partial charge in [0.15, 0.2) is 0 Å². The van der Waals surface area contributed by atoms with E-state index in [1.54, 1.807) is 0 Å². The molecule has 0 aromatic carbocycles. The predicted molar refractivity (Wildman–Crippen MR) is 63.2 cm³/mol. The van der Waals surface area contributed by atoms with E-state index in [9.17, 15) is 5.11 Å². The van der Waals surface area contributed by atoms with Gasteiger partial charge in [0.2, 0.25) is 0 Å². The van der Waals surface area contributed by atoms with Crippen molar-refractivity contribution in [3.8, 4) is 0 Å². The molecule has 1 heterocycles. The largest absolute Gasteiger partial charge is 0.396 e. The van der Waals surface area contributed by atoms with Gasteiger partial charge in [0.1, 0.15) is 0 Å². The SMILES string of the molecule is CC1OC23CC1CCC2(C)CCCC3CO. The molecule has 2 saturated carbocycles. The summed E-state index contributed by atoms with van der Waals surface area (Å²) in [5.74, 6) is 1.14. The monoisotopic (exact) mass is 224 g/mol. The van der Waals surface area contributed by atoms with E-state index >= 15 is 0 Å². The van der Waals surface area contributed by atoms with E-state index in [2.05, 4.69) is 13.8 Å². The van der Waals surface area contributed by atoms with Crippen molar-refractivity contribution in [1.29, 1.82) is 0 Å². The molecule has 16 heavy (non-hydrogen) atoms. The highest BCUT2D eigenvalue weighted by molar-refractivity contribution is 5.12. The Bertz CT molecular complexity index is 286. The minimum absolute atomic E-state index is 0.0162. The van der Waals surface area contributed by atoms with Gasteiger partial charge in [0, 0.05) is 12.5 Å². The molecule has 2 aliphatic carbocycles. The van der Waals surface area contributed by atoms with Crippen LogP contribution in [0.4, 0.5) is 0 Å². The maximum Gasteiger partial charge on any atom is 0.0792 e. The molecule has 1 N–H and O–H groups in total. The number of ether oxygens (including phenoxy) is 1. The summed E-state index contributed by atoms with van der Waals surface area (Å²) in [7, 11) is 0. The normalized spacial score (nSPS) is 56.1. The van der Waals surface area contributed by atoms with Crippen molar-refractivity contribution in [1.82, 2.24) is 0 Å². The van der Waals surface area contributed by atoms with Crippen molar-refractivity contribution in [2.45, 2.75) is 64.1 Å². The molecule has 3 aliphatic rings. The summed E-state index contributed by atoms with van der Waals surface area (Å²) >= 11 is 0. The van der Waals surface area contributed by atoms with E-state index in [1.807, 2.05) is 0 Å². The van der Waals surface area contributed by atoms with Gasteiger partial charge in [-0.05, 0) is 50.4 Å². The molecule has 0 aromatic rings. The smallest absolute Gasteiger partial charge is 0.0792 e. The Hall–Kier alpha value is -0.0800. The average molecular weight is 224 g/mol. The summed E-state index contributed by atoms with van der Waals surface area (Å²) in [6, 6.07) is 0. The number of aliphatic hydroxyl groups excluding tert-OH is 1. The lowest BCUT2D eigenvalue weighted by Gasteiger charge is -2.55. The van der Waals surface area contributed by atoms with Crippen LogP contribution in [0.2, 0.25) is 0 Å². The summed E-state index contributed by atoms with van der Waals surface area (Å²) in [6.45, 7) is 4.95. The second-order valence-electron chi connectivity index (χ2n) is 6.55. The second-order valence-corrected chi connectivity index (χ2v) is 6.55. The molecule has 5 unspecified atom stereocenters. The van der Waals surface area contributed by atoms with Crippen LogP contribution >= 0.6 is 0 Å². The van der Waals surface area contributed by atoms with Crippen molar-refractivity contribution < 1.29 is 9.84 Å². The van der Waals surface area contributed by atoms with E-state index in [0.717, 1.165) is 12.3 Å². The fraction of sp³-hybridized carbons (Fsp3) is 1.00. The molecule has 2 heteroatoms. The Balaban J connectivity index is 2.00. The molecular weight excluding hydrogens is 200 g/mol. The highest BCUT2D eigenvalue weighted by atomic mass is 16.5. The summed E-state index contributed by atoms with van der Waals surface area (Å²) in [5.41, 5.74) is 0.349. The molecule has 3 rings (SSSR count).